The summed E-state index contributed by atoms with van der Waals surface area (Å²) in [6, 6.07) is 6.64. The molecule has 0 aliphatic heterocycles. The average Bonchev–Trinajstić information content (AvgIpc) is 2.98. The second kappa shape index (κ2) is 5.54. The van der Waals surface area contributed by atoms with E-state index < -0.39 is 0 Å². The van der Waals surface area contributed by atoms with Crippen molar-refractivity contribution in [3.05, 3.63) is 56.7 Å². The van der Waals surface area contributed by atoms with Crippen LogP contribution in [0.2, 0.25) is 10.0 Å². The lowest BCUT2D eigenvalue weighted by atomic mass is 10.3. The standard InChI is InChI=1S/C15H10Cl2N6O/c1-2-12-18-15-20-19-13-11(23(15)21-12)3-4-22(14(13)24)10-6-8(16)5-9(17)7-10/h3-7H,2H2,1H3. The Bertz CT molecular complexity index is 1130. The van der Waals surface area contributed by atoms with Crippen LogP contribution in [0.5, 0.6) is 0 Å². The summed E-state index contributed by atoms with van der Waals surface area (Å²) < 4.78 is 2.94. The molecule has 7 nitrogen and oxygen atoms in total. The fourth-order valence-corrected chi connectivity index (χ4v) is 2.99. The second-order valence-corrected chi connectivity index (χ2v) is 6.02. The van der Waals surface area contributed by atoms with Gasteiger partial charge in [-0.05, 0) is 24.3 Å². The molecule has 4 rings (SSSR count). The van der Waals surface area contributed by atoms with Crippen molar-refractivity contribution < 1.29 is 0 Å². The number of fused-ring (bicyclic) bond motifs is 3. The molecule has 0 saturated heterocycles. The van der Waals surface area contributed by atoms with Gasteiger partial charge in [-0.2, -0.15) is 9.50 Å². The molecule has 0 atom stereocenters. The monoisotopic (exact) mass is 360 g/mol. The lowest BCUT2D eigenvalue weighted by molar-refractivity contribution is 0.883. The van der Waals surface area contributed by atoms with E-state index >= 15 is 0 Å². The quantitative estimate of drug-likeness (QED) is 0.549. The Morgan fingerprint density at radius 1 is 1.12 bits per heavy atom. The van der Waals surface area contributed by atoms with Crippen LogP contribution in [-0.4, -0.2) is 29.4 Å². The first-order chi connectivity index (χ1) is 11.6. The van der Waals surface area contributed by atoms with Gasteiger partial charge < -0.3 is 0 Å². The summed E-state index contributed by atoms with van der Waals surface area (Å²) in [5.41, 5.74) is 0.943. The van der Waals surface area contributed by atoms with Gasteiger partial charge in [0, 0.05) is 22.7 Å². The molecule has 0 aliphatic rings. The number of benzene rings is 1. The van der Waals surface area contributed by atoms with Crippen molar-refractivity contribution in [2.45, 2.75) is 13.3 Å². The van der Waals surface area contributed by atoms with Gasteiger partial charge in [-0.15, -0.1) is 15.3 Å². The Morgan fingerprint density at radius 2 is 1.88 bits per heavy atom. The molecule has 3 aromatic heterocycles. The van der Waals surface area contributed by atoms with Gasteiger partial charge in [0.2, 0.25) is 0 Å². The molecule has 0 aliphatic carbocycles. The first kappa shape index (κ1) is 15.0. The number of hydrogen-bond acceptors (Lipinski definition) is 5. The molecule has 24 heavy (non-hydrogen) atoms. The van der Waals surface area contributed by atoms with Crippen molar-refractivity contribution in [1.29, 1.82) is 0 Å². The van der Waals surface area contributed by atoms with Crippen LogP contribution in [0.1, 0.15) is 12.7 Å². The van der Waals surface area contributed by atoms with Gasteiger partial charge >= 0.3 is 0 Å². The van der Waals surface area contributed by atoms with Crippen LogP contribution in [0.15, 0.2) is 35.3 Å². The smallest absolute Gasteiger partial charge is 0.282 e. The summed E-state index contributed by atoms with van der Waals surface area (Å²) in [4.78, 5) is 17.0. The predicted molar refractivity (Wildman–Crippen MR) is 91.1 cm³/mol. The highest BCUT2D eigenvalue weighted by Gasteiger charge is 2.13. The molecule has 0 bridgehead atoms. The molecule has 0 radical (unpaired) electrons. The molecule has 0 saturated carbocycles. The topological polar surface area (TPSA) is 78.0 Å². The molecule has 0 amide bonds. The molecule has 0 unspecified atom stereocenters. The zero-order valence-electron chi connectivity index (χ0n) is 12.4. The van der Waals surface area contributed by atoms with Gasteiger partial charge in [0.15, 0.2) is 11.3 Å². The number of nitrogens with zero attached hydrogens (tertiary/aromatic N) is 6. The minimum atomic E-state index is -0.339. The Kier molecular flexibility index (Phi) is 3.47. The lowest BCUT2D eigenvalue weighted by Crippen LogP contribution is -2.20. The number of pyridine rings is 1. The summed E-state index contributed by atoms with van der Waals surface area (Å²) in [6.07, 6.45) is 2.30. The Labute approximate surface area is 145 Å². The SMILES string of the molecule is CCc1nc2nnc3c(=O)n(-c4cc(Cl)cc(Cl)c4)ccc3n2n1. The normalized spacial score (nSPS) is 11.5. The molecular formula is C15H10Cl2N6O. The van der Waals surface area contributed by atoms with Crippen molar-refractivity contribution in [3.8, 4) is 5.69 Å². The maximum atomic E-state index is 12.8. The molecule has 0 fully saturated rings. The summed E-state index contributed by atoms with van der Waals surface area (Å²) in [6.45, 7) is 1.94. The zero-order chi connectivity index (χ0) is 16.8. The number of hydrogen-bond donors (Lipinski definition) is 0. The van der Waals surface area contributed by atoms with E-state index in [4.69, 9.17) is 23.2 Å². The fourth-order valence-electron chi connectivity index (χ4n) is 2.48. The van der Waals surface area contributed by atoms with Gasteiger partial charge in [0.05, 0.1) is 5.69 Å². The molecular weight excluding hydrogens is 351 g/mol. The first-order valence-electron chi connectivity index (χ1n) is 7.17. The highest BCUT2D eigenvalue weighted by molar-refractivity contribution is 6.34. The van der Waals surface area contributed by atoms with Crippen molar-refractivity contribution >= 4 is 40.0 Å². The Hall–Kier alpha value is -2.51. The van der Waals surface area contributed by atoms with Gasteiger partial charge in [-0.3, -0.25) is 9.36 Å². The molecule has 4 aromatic rings. The van der Waals surface area contributed by atoms with Gasteiger partial charge in [-0.25, -0.2) is 0 Å². The van der Waals surface area contributed by atoms with E-state index in [2.05, 4.69) is 20.3 Å². The van der Waals surface area contributed by atoms with Crippen LogP contribution in [0.3, 0.4) is 0 Å². The summed E-state index contributed by atoms with van der Waals surface area (Å²) in [5.74, 6) is 1.00. The molecule has 120 valence electrons. The summed E-state index contributed by atoms with van der Waals surface area (Å²) in [5, 5.41) is 13.2. The van der Waals surface area contributed by atoms with E-state index in [1.54, 1.807) is 30.5 Å². The van der Waals surface area contributed by atoms with Crippen molar-refractivity contribution in [1.82, 2.24) is 29.4 Å². The van der Waals surface area contributed by atoms with E-state index in [0.717, 1.165) is 0 Å². The van der Waals surface area contributed by atoms with Crippen LogP contribution < -0.4 is 5.56 Å². The van der Waals surface area contributed by atoms with Crippen molar-refractivity contribution in [2.75, 3.05) is 0 Å². The lowest BCUT2D eigenvalue weighted by Gasteiger charge is -2.08. The van der Waals surface area contributed by atoms with Crippen LogP contribution in [0.25, 0.3) is 22.5 Å². The molecule has 1 aromatic carbocycles. The number of aromatic nitrogens is 6. The third-order valence-corrected chi connectivity index (χ3v) is 4.03. The van der Waals surface area contributed by atoms with Crippen molar-refractivity contribution in [3.63, 3.8) is 0 Å². The third-order valence-electron chi connectivity index (χ3n) is 3.59. The van der Waals surface area contributed by atoms with E-state index in [1.807, 2.05) is 6.92 Å². The third kappa shape index (κ3) is 2.33. The fraction of sp³-hybridized carbons (Fsp3) is 0.133. The average molecular weight is 361 g/mol. The van der Waals surface area contributed by atoms with Crippen LogP contribution in [0, 0.1) is 0 Å². The zero-order valence-corrected chi connectivity index (χ0v) is 14.0. The predicted octanol–water partition coefficient (Wildman–Crippen LogP) is 2.69. The largest absolute Gasteiger partial charge is 0.285 e. The molecule has 0 spiro atoms. The minimum Gasteiger partial charge on any atom is -0.282 e. The summed E-state index contributed by atoms with van der Waals surface area (Å²) >= 11 is 12.0. The maximum Gasteiger partial charge on any atom is 0.285 e. The number of aryl methyl sites for hydroxylation is 1. The van der Waals surface area contributed by atoms with Crippen LogP contribution >= 0.6 is 23.2 Å². The van der Waals surface area contributed by atoms with E-state index in [0.29, 0.717) is 39.3 Å². The second-order valence-electron chi connectivity index (χ2n) is 5.15. The van der Waals surface area contributed by atoms with Crippen LogP contribution in [-0.2, 0) is 6.42 Å². The van der Waals surface area contributed by atoms with Gasteiger partial charge in [0.25, 0.3) is 11.3 Å². The summed E-state index contributed by atoms with van der Waals surface area (Å²) in [7, 11) is 0. The Balaban J connectivity index is 2.01. The highest BCUT2D eigenvalue weighted by Crippen LogP contribution is 2.21. The molecule has 0 N–H and O–H groups in total. The van der Waals surface area contributed by atoms with E-state index in [1.165, 1.54) is 9.08 Å². The maximum absolute atomic E-state index is 12.8. The van der Waals surface area contributed by atoms with Crippen molar-refractivity contribution in [2.24, 2.45) is 0 Å². The molecule has 3 heterocycles. The van der Waals surface area contributed by atoms with Gasteiger partial charge in [-0.1, -0.05) is 30.1 Å². The Morgan fingerprint density at radius 3 is 2.58 bits per heavy atom. The van der Waals surface area contributed by atoms with E-state index in [-0.39, 0.29) is 11.1 Å². The van der Waals surface area contributed by atoms with E-state index in [9.17, 15) is 4.79 Å². The number of rotatable bonds is 2. The minimum absolute atomic E-state index is 0.189. The first-order valence-corrected chi connectivity index (χ1v) is 7.92. The van der Waals surface area contributed by atoms with Crippen LogP contribution in [0.4, 0.5) is 0 Å². The highest BCUT2D eigenvalue weighted by atomic mass is 35.5. The number of halogens is 2. The molecule has 9 heteroatoms. The van der Waals surface area contributed by atoms with Gasteiger partial charge in [0.1, 0.15) is 5.52 Å².